The minimum atomic E-state index is 0.843. The van der Waals surface area contributed by atoms with Gasteiger partial charge in [0.1, 0.15) is 0 Å². The van der Waals surface area contributed by atoms with Gasteiger partial charge in [0.2, 0.25) is 0 Å². The molecule has 1 N–H and O–H groups in total. The maximum Gasteiger partial charge on any atom is 0.177 e. The lowest BCUT2D eigenvalue weighted by Gasteiger charge is -1.98. The Balaban J connectivity index is 2.64. The van der Waals surface area contributed by atoms with Crippen molar-refractivity contribution < 1.29 is 4.52 Å². The van der Waals surface area contributed by atoms with Gasteiger partial charge in [0.05, 0.1) is 5.39 Å². The summed E-state index contributed by atoms with van der Waals surface area (Å²) < 4.78 is 5.17. The van der Waals surface area contributed by atoms with Crippen LogP contribution in [0.2, 0.25) is 0 Å². The van der Waals surface area contributed by atoms with E-state index in [0.29, 0.717) is 0 Å². The molecule has 3 heteroatoms. The number of anilines is 1. The average molecular weight is 176 g/mol. The highest BCUT2D eigenvalue weighted by Crippen LogP contribution is 2.25. The van der Waals surface area contributed by atoms with E-state index >= 15 is 0 Å². The molecule has 0 unspecified atom stereocenters. The van der Waals surface area contributed by atoms with Crippen LogP contribution in [0.1, 0.15) is 12.5 Å². The smallest absolute Gasteiger partial charge is 0.177 e. The third kappa shape index (κ3) is 1.26. The van der Waals surface area contributed by atoms with Crippen molar-refractivity contribution in [1.82, 2.24) is 5.16 Å². The lowest BCUT2D eigenvalue weighted by atomic mass is 10.1. The largest absolute Gasteiger partial charge is 0.367 e. The summed E-state index contributed by atoms with van der Waals surface area (Å²) in [4.78, 5) is 0. The van der Waals surface area contributed by atoms with Crippen LogP contribution < -0.4 is 5.32 Å². The quantitative estimate of drug-likeness (QED) is 0.764. The van der Waals surface area contributed by atoms with E-state index in [1.165, 1.54) is 5.56 Å². The number of benzene rings is 1. The Morgan fingerprint density at radius 1 is 1.46 bits per heavy atom. The van der Waals surface area contributed by atoms with Gasteiger partial charge in [-0.15, -0.1) is 0 Å². The first kappa shape index (κ1) is 8.10. The fraction of sp³-hybridized carbons (Fsp3) is 0.300. The van der Waals surface area contributed by atoms with E-state index in [1.54, 1.807) is 0 Å². The first-order valence-corrected chi connectivity index (χ1v) is 4.41. The first-order valence-electron chi connectivity index (χ1n) is 4.41. The Bertz CT molecular complexity index is 420. The van der Waals surface area contributed by atoms with Crippen LogP contribution in [0.4, 0.5) is 5.82 Å². The summed E-state index contributed by atoms with van der Waals surface area (Å²) in [6.45, 7) is 4.95. The molecule has 0 spiro atoms. The van der Waals surface area contributed by atoms with Gasteiger partial charge in [-0.3, -0.25) is 0 Å². The number of fused-ring (bicyclic) bond motifs is 1. The number of hydrogen-bond donors (Lipinski definition) is 1. The minimum absolute atomic E-state index is 0.843. The number of aryl methyl sites for hydroxylation is 1. The van der Waals surface area contributed by atoms with Crippen molar-refractivity contribution in [2.45, 2.75) is 13.8 Å². The Morgan fingerprint density at radius 3 is 3.08 bits per heavy atom. The van der Waals surface area contributed by atoms with Crippen molar-refractivity contribution in [2.75, 3.05) is 11.9 Å². The van der Waals surface area contributed by atoms with Crippen LogP contribution in [0, 0.1) is 6.92 Å². The van der Waals surface area contributed by atoms with Crippen molar-refractivity contribution in [3.8, 4) is 0 Å². The Labute approximate surface area is 76.7 Å². The van der Waals surface area contributed by atoms with Crippen molar-refractivity contribution in [2.24, 2.45) is 0 Å². The normalized spacial score (nSPS) is 10.6. The monoisotopic (exact) mass is 176 g/mol. The zero-order valence-electron chi connectivity index (χ0n) is 7.79. The van der Waals surface area contributed by atoms with Crippen LogP contribution in [-0.2, 0) is 0 Å². The molecular weight excluding hydrogens is 164 g/mol. The number of hydrogen-bond acceptors (Lipinski definition) is 3. The van der Waals surface area contributed by atoms with Crippen LogP contribution in [0.3, 0.4) is 0 Å². The molecule has 0 bridgehead atoms. The van der Waals surface area contributed by atoms with E-state index in [-0.39, 0.29) is 0 Å². The molecule has 0 aliphatic heterocycles. The lowest BCUT2D eigenvalue weighted by Crippen LogP contribution is -1.96. The van der Waals surface area contributed by atoms with Gasteiger partial charge < -0.3 is 9.84 Å². The second kappa shape index (κ2) is 3.09. The highest BCUT2D eigenvalue weighted by molar-refractivity contribution is 5.90. The molecule has 0 fully saturated rings. The summed E-state index contributed by atoms with van der Waals surface area (Å²) >= 11 is 0. The predicted molar refractivity (Wildman–Crippen MR) is 52.9 cm³/mol. The summed E-state index contributed by atoms with van der Waals surface area (Å²) in [7, 11) is 0. The predicted octanol–water partition coefficient (Wildman–Crippen LogP) is 2.57. The highest BCUT2D eigenvalue weighted by atomic mass is 16.5. The Morgan fingerprint density at radius 2 is 2.31 bits per heavy atom. The van der Waals surface area contributed by atoms with E-state index in [9.17, 15) is 0 Å². The van der Waals surface area contributed by atoms with Crippen molar-refractivity contribution in [3.05, 3.63) is 23.8 Å². The van der Waals surface area contributed by atoms with E-state index in [2.05, 4.69) is 23.5 Å². The van der Waals surface area contributed by atoms with Gasteiger partial charge in [-0.2, -0.15) is 0 Å². The van der Waals surface area contributed by atoms with Gasteiger partial charge in [0, 0.05) is 6.54 Å². The second-order valence-corrected chi connectivity index (χ2v) is 3.01. The molecule has 13 heavy (non-hydrogen) atoms. The summed E-state index contributed by atoms with van der Waals surface area (Å²) in [5.74, 6) is 0.843. The summed E-state index contributed by atoms with van der Waals surface area (Å²) in [5.41, 5.74) is 2.03. The molecule has 68 valence electrons. The number of rotatable bonds is 2. The number of nitrogens with one attached hydrogen (secondary N) is 1. The van der Waals surface area contributed by atoms with E-state index < -0.39 is 0 Å². The minimum Gasteiger partial charge on any atom is -0.367 e. The fourth-order valence-electron chi connectivity index (χ4n) is 1.45. The van der Waals surface area contributed by atoms with Crippen LogP contribution in [0.15, 0.2) is 22.7 Å². The highest BCUT2D eigenvalue weighted by Gasteiger charge is 2.08. The first-order chi connectivity index (χ1) is 6.33. The molecule has 1 aromatic carbocycles. The zero-order valence-corrected chi connectivity index (χ0v) is 7.79. The van der Waals surface area contributed by atoms with E-state index in [0.717, 1.165) is 23.3 Å². The molecule has 1 aromatic heterocycles. The van der Waals surface area contributed by atoms with Crippen LogP contribution in [0.5, 0.6) is 0 Å². The SMILES string of the molecule is CCNc1noc2cccc(C)c12. The lowest BCUT2D eigenvalue weighted by molar-refractivity contribution is 0.459. The van der Waals surface area contributed by atoms with Crippen molar-refractivity contribution >= 4 is 16.8 Å². The Hall–Kier alpha value is -1.51. The summed E-state index contributed by atoms with van der Waals surface area (Å²) in [6.07, 6.45) is 0. The summed E-state index contributed by atoms with van der Waals surface area (Å²) in [5, 5.41) is 8.21. The third-order valence-electron chi connectivity index (χ3n) is 2.05. The molecular formula is C10H12N2O. The molecule has 2 aromatic rings. The van der Waals surface area contributed by atoms with Crippen LogP contribution in [0.25, 0.3) is 11.0 Å². The van der Waals surface area contributed by atoms with Gasteiger partial charge in [0.25, 0.3) is 0 Å². The average Bonchev–Trinajstić information content (AvgIpc) is 2.51. The molecule has 1 heterocycles. The number of nitrogens with zero attached hydrogens (tertiary/aromatic N) is 1. The standard InChI is InChI=1S/C10H12N2O/c1-3-11-10-9-7(2)5-4-6-8(9)13-12-10/h4-6H,3H2,1-2H3,(H,11,12). The summed E-state index contributed by atoms with van der Waals surface area (Å²) in [6, 6.07) is 5.95. The third-order valence-corrected chi connectivity index (χ3v) is 2.05. The maximum atomic E-state index is 5.17. The van der Waals surface area contributed by atoms with Gasteiger partial charge in [-0.05, 0) is 25.5 Å². The second-order valence-electron chi connectivity index (χ2n) is 3.01. The molecule has 0 radical (unpaired) electrons. The van der Waals surface area contributed by atoms with Gasteiger partial charge >= 0.3 is 0 Å². The zero-order chi connectivity index (χ0) is 9.26. The van der Waals surface area contributed by atoms with Crippen LogP contribution >= 0.6 is 0 Å². The fourth-order valence-corrected chi connectivity index (χ4v) is 1.45. The topological polar surface area (TPSA) is 38.1 Å². The van der Waals surface area contributed by atoms with Gasteiger partial charge in [-0.1, -0.05) is 17.3 Å². The molecule has 0 aliphatic rings. The molecule has 2 rings (SSSR count). The molecule has 0 amide bonds. The van der Waals surface area contributed by atoms with E-state index in [4.69, 9.17) is 4.52 Å². The van der Waals surface area contributed by atoms with Crippen LogP contribution in [-0.4, -0.2) is 11.7 Å². The Kier molecular flexibility index (Phi) is 1.93. The molecule has 0 aliphatic carbocycles. The van der Waals surface area contributed by atoms with Gasteiger partial charge in [-0.25, -0.2) is 0 Å². The van der Waals surface area contributed by atoms with Crippen molar-refractivity contribution in [3.63, 3.8) is 0 Å². The molecule has 0 saturated heterocycles. The molecule has 3 nitrogen and oxygen atoms in total. The van der Waals surface area contributed by atoms with Gasteiger partial charge in [0.15, 0.2) is 11.4 Å². The van der Waals surface area contributed by atoms with E-state index in [1.807, 2.05) is 19.1 Å². The molecule has 0 saturated carbocycles. The molecule has 0 atom stereocenters. The van der Waals surface area contributed by atoms with Crippen molar-refractivity contribution in [1.29, 1.82) is 0 Å². The number of aromatic nitrogens is 1. The maximum absolute atomic E-state index is 5.17.